The molecule has 0 saturated carbocycles. The number of imide groups is 1. The van der Waals surface area contributed by atoms with Gasteiger partial charge in [0.15, 0.2) is 11.5 Å². The molecule has 0 aromatic heterocycles. The van der Waals surface area contributed by atoms with Gasteiger partial charge in [0.25, 0.3) is 5.91 Å². The van der Waals surface area contributed by atoms with Crippen molar-refractivity contribution in [3.63, 3.8) is 0 Å². The first kappa shape index (κ1) is 23.6. The van der Waals surface area contributed by atoms with Gasteiger partial charge < -0.3 is 19.9 Å². The Bertz CT molecular complexity index is 1330. The molecule has 3 aromatic rings. The van der Waals surface area contributed by atoms with Crippen LogP contribution in [0, 0.1) is 6.92 Å². The summed E-state index contributed by atoms with van der Waals surface area (Å²) in [5.74, 6) is -0.677. The Morgan fingerprint density at radius 1 is 1.03 bits per heavy atom. The van der Waals surface area contributed by atoms with Gasteiger partial charge in [0, 0.05) is 5.56 Å². The second-order valence-electron chi connectivity index (χ2n) is 8.04. The van der Waals surface area contributed by atoms with Crippen molar-refractivity contribution in [1.82, 2.24) is 10.2 Å². The lowest BCUT2D eigenvalue weighted by molar-refractivity contribution is -0.123. The van der Waals surface area contributed by atoms with E-state index in [1.54, 1.807) is 36.4 Å². The molecule has 1 saturated heterocycles. The van der Waals surface area contributed by atoms with Crippen molar-refractivity contribution < 1.29 is 29.0 Å². The van der Waals surface area contributed by atoms with Gasteiger partial charge in [-0.3, -0.25) is 9.69 Å². The average Bonchev–Trinajstić information content (AvgIpc) is 3.10. The number of carbonyl (C=O) groups is 3. The molecule has 1 heterocycles. The number of para-hydroxylation sites is 1. The number of hydrogen-bond donors (Lipinski definition) is 2. The number of carboxylic acid groups (broad SMARTS) is 1. The largest absolute Gasteiger partial charge is 0.493 e. The maximum atomic E-state index is 13.0. The molecule has 3 amide bonds. The van der Waals surface area contributed by atoms with Crippen LogP contribution in [0.15, 0.2) is 72.4 Å². The summed E-state index contributed by atoms with van der Waals surface area (Å²) < 4.78 is 11.4. The molecule has 0 aliphatic carbocycles. The predicted octanol–water partition coefficient (Wildman–Crippen LogP) is 4.37. The van der Waals surface area contributed by atoms with Gasteiger partial charge in [0.05, 0.1) is 19.2 Å². The van der Waals surface area contributed by atoms with Crippen molar-refractivity contribution in [3.05, 3.63) is 100 Å². The van der Waals surface area contributed by atoms with Gasteiger partial charge in [-0.25, -0.2) is 9.59 Å². The molecule has 1 aliphatic rings. The van der Waals surface area contributed by atoms with Crippen LogP contribution in [0.4, 0.5) is 4.79 Å². The van der Waals surface area contributed by atoms with Crippen LogP contribution in [0.2, 0.25) is 0 Å². The fraction of sp³-hybridized carbons (Fsp3) is 0.148. The third-order valence-corrected chi connectivity index (χ3v) is 5.47. The normalized spacial score (nSPS) is 14.2. The first-order chi connectivity index (χ1) is 16.9. The van der Waals surface area contributed by atoms with Crippen molar-refractivity contribution in [1.29, 1.82) is 0 Å². The summed E-state index contributed by atoms with van der Waals surface area (Å²) in [7, 11) is 1.50. The SMILES string of the molecule is COc1cccc(/C=C2/NC(=O)N(Cc3cccc(C)c3)C2=O)c1OCc1cccc(C(=O)O)c1. The lowest BCUT2D eigenvalue weighted by Crippen LogP contribution is -2.30. The number of aryl methyl sites for hydroxylation is 1. The van der Waals surface area contributed by atoms with E-state index in [-0.39, 0.29) is 24.4 Å². The van der Waals surface area contributed by atoms with Crippen LogP contribution >= 0.6 is 0 Å². The molecule has 8 heteroatoms. The molecule has 8 nitrogen and oxygen atoms in total. The molecular formula is C27H24N2O6. The van der Waals surface area contributed by atoms with Crippen LogP contribution < -0.4 is 14.8 Å². The second kappa shape index (κ2) is 10.1. The van der Waals surface area contributed by atoms with Gasteiger partial charge in [-0.2, -0.15) is 0 Å². The first-order valence-corrected chi connectivity index (χ1v) is 10.9. The van der Waals surface area contributed by atoms with Crippen LogP contribution in [0.3, 0.4) is 0 Å². The van der Waals surface area contributed by atoms with Crippen LogP contribution in [-0.2, 0) is 17.9 Å². The number of carboxylic acids is 1. The molecule has 1 fully saturated rings. The molecular weight excluding hydrogens is 448 g/mol. The van der Waals surface area contributed by atoms with Crippen LogP contribution in [-0.4, -0.2) is 35.0 Å². The number of hydrogen-bond acceptors (Lipinski definition) is 5. The predicted molar refractivity (Wildman–Crippen MR) is 129 cm³/mol. The van der Waals surface area contributed by atoms with E-state index in [1.165, 1.54) is 19.2 Å². The van der Waals surface area contributed by atoms with Gasteiger partial charge >= 0.3 is 12.0 Å². The van der Waals surface area contributed by atoms with E-state index in [1.807, 2.05) is 31.2 Å². The van der Waals surface area contributed by atoms with Gasteiger partial charge in [0.1, 0.15) is 12.3 Å². The van der Waals surface area contributed by atoms with Crippen LogP contribution in [0.25, 0.3) is 6.08 Å². The van der Waals surface area contributed by atoms with Crippen molar-refractivity contribution >= 4 is 24.0 Å². The molecule has 0 atom stereocenters. The van der Waals surface area contributed by atoms with Crippen molar-refractivity contribution in [2.45, 2.75) is 20.1 Å². The molecule has 3 aromatic carbocycles. The highest BCUT2D eigenvalue weighted by molar-refractivity contribution is 6.14. The standard InChI is InChI=1S/C27H24N2O6/c1-17-6-3-7-18(12-17)15-29-25(30)22(28-27(29)33)14-20-9-5-11-23(34-2)24(20)35-16-19-8-4-10-21(13-19)26(31)32/h3-14H,15-16H2,1-2H3,(H,28,33)(H,31,32)/b22-14+. The molecule has 35 heavy (non-hydrogen) atoms. The number of rotatable bonds is 8. The Balaban J connectivity index is 1.58. The van der Waals surface area contributed by atoms with Crippen molar-refractivity contribution in [2.24, 2.45) is 0 Å². The number of urea groups is 1. The molecule has 0 bridgehead atoms. The summed E-state index contributed by atoms with van der Waals surface area (Å²) in [5.41, 5.74) is 3.35. The summed E-state index contributed by atoms with van der Waals surface area (Å²) in [6.07, 6.45) is 1.54. The Hall–Kier alpha value is -4.59. The fourth-order valence-electron chi connectivity index (χ4n) is 3.78. The van der Waals surface area contributed by atoms with E-state index >= 15 is 0 Å². The van der Waals surface area contributed by atoms with E-state index in [9.17, 15) is 19.5 Å². The van der Waals surface area contributed by atoms with E-state index in [4.69, 9.17) is 9.47 Å². The van der Waals surface area contributed by atoms with E-state index < -0.39 is 17.9 Å². The fourth-order valence-corrected chi connectivity index (χ4v) is 3.78. The lowest BCUT2D eigenvalue weighted by Gasteiger charge is -2.14. The zero-order valence-electron chi connectivity index (χ0n) is 19.3. The number of ether oxygens (including phenoxy) is 2. The molecule has 2 N–H and O–H groups in total. The number of methoxy groups -OCH3 is 1. The highest BCUT2D eigenvalue weighted by Gasteiger charge is 2.33. The maximum Gasteiger partial charge on any atom is 0.335 e. The lowest BCUT2D eigenvalue weighted by atomic mass is 10.1. The third-order valence-electron chi connectivity index (χ3n) is 5.47. The highest BCUT2D eigenvalue weighted by atomic mass is 16.5. The number of amides is 3. The highest BCUT2D eigenvalue weighted by Crippen LogP contribution is 2.34. The summed E-state index contributed by atoms with van der Waals surface area (Å²) in [6, 6.07) is 18.7. The number of nitrogens with one attached hydrogen (secondary N) is 1. The van der Waals surface area contributed by atoms with E-state index in [2.05, 4.69) is 5.32 Å². The second-order valence-corrected chi connectivity index (χ2v) is 8.04. The molecule has 0 spiro atoms. The van der Waals surface area contributed by atoms with Gasteiger partial charge in [-0.1, -0.05) is 54.1 Å². The monoisotopic (exact) mass is 472 g/mol. The zero-order valence-corrected chi connectivity index (χ0v) is 19.3. The van der Waals surface area contributed by atoms with Gasteiger partial charge in [0.2, 0.25) is 0 Å². The minimum absolute atomic E-state index is 0.0808. The Morgan fingerprint density at radius 3 is 2.51 bits per heavy atom. The quantitative estimate of drug-likeness (QED) is 0.373. The summed E-state index contributed by atoms with van der Waals surface area (Å²) in [5, 5.41) is 11.8. The molecule has 1 aliphatic heterocycles. The van der Waals surface area contributed by atoms with Crippen LogP contribution in [0.5, 0.6) is 11.5 Å². The van der Waals surface area contributed by atoms with Gasteiger partial charge in [-0.05, 0) is 42.3 Å². The Morgan fingerprint density at radius 2 is 1.77 bits per heavy atom. The first-order valence-electron chi connectivity index (χ1n) is 10.9. The Kier molecular flexibility index (Phi) is 6.82. The van der Waals surface area contributed by atoms with Crippen molar-refractivity contribution in [3.8, 4) is 11.5 Å². The van der Waals surface area contributed by atoms with E-state index in [0.717, 1.165) is 16.0 Å². The maximum absolute atomic E-state index is 13.0. The average molecular weight is 472 g/mol. The Labute approximate surface area is 202 Å². The van der Waals surface area contributed by atoms with Crippen LogP contribution in [0.1, 0.15) is 32.6 Å². The van der Waals surface area contributed by atoms with Crippen molar-refractivity contribution in [2.75, 3.05) is 7.11 Å². The number of nitrogens with zero attached hydrogens (tertiary/aromatic N) is 1. The number of carbonyl (C=O) groups excluding carboxylic acids is 2. The minimum Gasteiger partial charge on any atom is -0.493 e. The molecule has 178 valence electrons. The van der Waals surface area contributed by atoms with Gasteiger partial charge in [-0.15, -0.1) is 0 Å². The summed E-state index contributed by atoms with van der Waals surface area (Å²) in [6.45, 7) is 2.19. The molecule has 0 unspecified atom stereocenters. The number of aromatic carboxylic acids is 1. The summed E-state index contributed by atoms with van der Waals surface area (Å²) >= 11 is 0. The summed E-state index contributed by atoms with van der Waals surface area (Å²) in [4.78, 5) is 37.9. The smallest absolute Gasteiger partial charge is 0.335 e. The molecule has 4 rings (SSSR count). The van der Waals surface area contributed by atoms with E-state index in [0.29, 0.717) is 22.6 Å². The third kappa shape index (κ3) is 5.33. The number of benzene rings is 3. The zero-order chi connectivity index (χ0) is 24.9. The topological polar surface area (TPSA) is 105 Å². The molecule has 0 radical (unpaired) electrons. The minimum atomic E-state index is -1.03.